The fourth-order valence-electron chi connectivity index (χ4n) is 3.39. The van der Waals surface area contributed by atoms with Gasteiger partial charge >= 0.3 is 12.1 Å². The van der Waals surface area contributed by atoms with Gasteiger partial charge in [0.05, 0.1) is 11.8 Å². The molecule has 3 atom stereocenters. The topological polar surface area (TPSA) is 73.7 Å². The lowest BCUT2D eigenvalue weighted by Crippen LogP contribution is -2.45. The van der Waals surface area contributed by atoms with Crippen LogP contribution in [0.1, 0.15) is 12.8 Å². The summed E-state index contributed by atoms with van der Waals surface area (Å²) < 4.78 is 39.2. The lowest BCUT2D eigenvalue weighted by Gasteiger charge is -2.27. The number of carboxylic acid groups (broad SMARTS) is 1. The number of aromatic nitrogens is 1. The summed E-state index contributed by atoms with van der Waals surface area (Å²) >= 11 is 1.36. The first-order chi connectivity index (χ1) is 11.3. The third-order valence-electron chi connectivity index (χ3n) is 4.57. The highest BCUT2D eigenvalue weighted by atomic mass is 32.1. The molecule has 1 amide bonds. The maximum Gasteiger partial charge on any atom is 0.394 e. The predicted molar refractivity (Wildman–Crippen MR) is 79.7 cm³/mol. The number of nitrogens with zero attached hydrogens (tertiary/aromatic N) is 3. The molecule has 2 fully saturated rings. The molecule has 0 bridgehead atoms. The maximum absolute atomic E-state index is 13.1. The Hall–Kier alpha value is -1.84. The Morgan fingerprint density at radius 3 is 2.62 bits per heavy atom. The van der Waals surface area contributed by atoms with Crippen molar-refractivity contribution in [3.05, 3.63) is 11.6 Å². The minimum absolute atomic E-state index is 0.402. The molecule has 0 radical (unpaired) electrons. The first-order valence-corrected chi connectivity index (χ1v) is 8.41. The molecule has 0 aliphatic carbocycles. The fraction of sp³-hybridized carbons (Fsp3) is 0.643. The SMILES string of the molecule is O=C(O)[C@@H]1CN(C(=O)C2CCCN2c2nccs2)C[C@H]1C(F)(F)F. The number of hydrogen-bond donors (Lipinski definition) is 1. The minimum atomic E-state index is -4.64. The summed E-state index contributed by atoms with van der Waals surface area (Å²) in [4.78, 5) is 30.8. The summed E-state index contributed by atoms with van der Waals surface area (Å²) in [7, 11) is 0. The van der Waals surface area contributed by atoms with E-state index in [1.807, 2.05) is 0 Å². The summed E-state index contributed by atoms with van der Waals surface area (Å²) in [5.74, 6) is -5.59. The van der Waals surface area contributed by atoms with Crippen LogP contribution in [0.4, 0.5) is 18.3 Å². The number of alkyl halides is 3. The number of carbonyl (C=O) groups excluding carboxylic acids is 1. The largest absolute Gasteiger partial charge is 0.481 e. The molecule has 2 saturated heterocycles. The van der Waals surface area contributed by atoms with Gasteiger partial charge in [0.2, 0.25) is 5.91 Å². The Kier molecular flexibility index (Phi) is 4.41. The van der Waals surface area contributed by atoms with Gasteiger partial charge in [-0.1, -0.05) is 0 Å². The van der Waals surface area contributed by atoms with Crippen LogP contribution in [0.5, 0.6) is 0 Å². The average Bonchev–Trinajstić information content (AvgIpc) is 3.23. The normalized spacial score (nSPS) is 27.7. The smallest absolute Gasteiger partial charge is 0.394 e. The van der Waals surface area contributed by atoms with E-state index in [2.05, 4.69) is 4.98 Å². The van der Waals surface area contributed by atoms with Gasteiger partial charge in [-0.25, -0.2) is 4.98 Å². The van der Waals surface area contributed by atoms with Crippen molar-refractivity contribution >= 4 is 28.3 Å². The number of carboxylic acids is 1. The van der Waals surface area contributed by atoms with Crippen molar-refractivity contribution in [3.63, 3.8) is 0 Å². The van der Waals surface area contributed by atoms with E-state index in [-0.39, 0.29) is 0 Å². The molecule has 1 aromatic rings. The lowest BCUT2D eigenvalue weighted by atomic mass is 9.96. The lowest BCUT2D eigenvalue weighted by molar-refractivity contribution is -0.188. The standard InChI is InChI=1S/C14H16F3N3O3S/c15-14(16,17)9-7-19(6-8(9)12(22)23)11(21)10-2-1-4-20(10)13-18-3-5-24-13/h3,5,8-10H,1-2,4,6-7H2,(H,22,23)/t8-,9-,10?/m1/s1. The van der Waals surface area contributed by atoms with Crippen molar-refractivity contribution in [2.24, 2.45) is 11.8 Å². The van der Waals surface area contributed by atoms with Crippen LogP contribution in [-0.4, -0.2) is 58.7 Å². The minimum Gasteiger partial charge on any atom is -0.481 e. The van der Waals surface area contributed by atoms with Crippen LogP contribution in [0.25, 0.3) is 0 Å². The van der Waals surface area contributed by atoms with Gasteiger partial charge in [-0.2, -0.15) is 13.2 Å². The number of carbonyl (C=O) groups is 2. The molecule has 3 heterocycles. The van der Waals surface area contributed by atoms with Crippen molar-refractivity contribution in [1.82, 2.24) is 9.88 Å². The van der Waals surface area contributed by atoms with Crippen LogP contribution < -0.4 is 4.90 Å². The van der Waals surface area contributed by atoms with Crippen LogP contribution in [0.3, 0.4) is 0 Å². The second-order valence-corrected chi connectivity index (χ2v) is 6.88. The molecule has 24 heavy (non-hydrogen) atoms. The molecule has 10 heteroatoms. The second-order valence-electron chi connectivity index (χ2n) is 6.00. The Balaban J connectivity index is 1.77. The number of thiazole rings is 1. The predicted octanol–water partition coefficient (Wildman–Crippen LogP) is 1.83. The van der Waals surface area contributed by atoms with Crippen LogP contribution in [0.2, 0.25) is 0 Å². The van der Waals surface area contributed by atoms with Crippen LogP contribution in [0, 0.1) is 11.8 Å². The van der Waals surface area contributed by atoms with E-state index >= 15 is 0 Å². The van der Waals surface area contributed by atoms with E-state index < -0.39 is 49.0 Å². The second kappa shape index (κ2) is 6.23. The number of likely N-dealkylation sites (tertiary alicyclic amines) is 1. The summed E-state index contributed by atoms with van der Waals surface area (Å²) in [5, 5.41) is 11.5. The number of halogens is 3. The van der Waals surface area contributed by atoms with E-state index in [0.717, 1.165) is 11.3 Å². The van der Waals surface area contributed by atoms with Gasteiger partial charge in [-0.3, -0.25) is 9.59 Å². The molecule has 0 saturated carbocycles. The number of rotatable bonds is 3. The highest BCUT2D eigenvalue weighted by Gasteiger charge is 2.54. The molecule has 1 unspecified atom stereocenters. The third-order valence-corrected chi connectivity index (χ3v) is 5.38. The van der Waals surface area contributed by atoms with E-state index in [0.29, 0.717) is 18.1 Å². The zero-order valence-electron chi connectivity index (χ0n) is 12.6. The fourth-order valence-corrected chi connectivity index (χ4v) is 4.11. The molecule has 1 aromatic heterocycles. The van der Waals surface area contributed by atoms with Gasteiger partial charge in [0, 0.05) is 31.2 Å². The molecule has 132 valence electrons. The molecule has 1 N–H and O–H groups in total. The summed E-state index contributed by atoms with van der Waals surface area (Å²) in [6.07, 6.45) is -1.75. The Bertz CT molecular complexity index is 623. The molecular weight excluding hydrogens is 347 g/mol. The molecule has 2 aliphatic heterocycles. The summed E-state index contributed by atoms with van der Waals surface area (Å²) in [6.45, 7) is -0.384. The molecule has 0 spiro atoms. The highest BCUT2D eigenvalue weighted by Crippen LogP contribution is 2.39. The van der Waals surface area contributed by atoms with Crippen molar-refractivity contribution in [2.75, 3.05) is 24.5 Å². The number of amides is 1. The van der Waals surface area contributed by atoms with Crippen molar-refractivity contribution in [1.29, 1.82) is 0 Å². The first-order valence-electron chi connectivity index (χ1n) is 7.53. The van der Waals surface area contributed by atoms with E-state index in [1.165, 1.54) is 11.3 Å². The van der Waals surface area contributed by atoms with Crippen molar-refractivity contribution in [3.8, 4) is 0 Å². The van der Waals surface area contributed by atoms with Crippen molar-refractivity contribution in [2.45, 2.75) is 25.1 Å². The maximum atomic E-state index is 13.1. The molecule has 6 nitrogen and oxygen atoms in total. The third kappa shape index (κ3) is 3.06. The van der Waals surface area contributed by atoms with E-state index in [1.54, 1.807) is 16.5 Å². The number of anilines is 1. The van der Waals surface area contributed by atoms with Crippen molar-refractivity contribution < 1.29 is 27.9 Å². The van der Waals surface area contributed by atoms with Gasteiger partial charge in [0.25, 0.3) is 0 Å². The van der Waals surface area contributed by atoms with Gasteiger partial charge in [-0.05, 0) is 12.8 Å². The van der Waals surface area contributed by atoms with Gasteiger partial charge in [-0.15, -0.1) is 11.3 Å². The Morgan fingerprint density at radius 1 is 1.33 bits per heavy atom. The molecule has 3 rings (SSSR count). The number of aliphatic carboxylic acids is 1. The highest BCUT2D eigenvalue weighted by molar-refractivity contribution is 7.13. The quantitative estimate of drug-likeness (QED) is 0.887. The summed E-state index contributed by atoms with van der Waals surface area (Å²) in [5.41, 5.74) is 0. The first kappa shape index (κ1) is 17.0. The van der Waals surface area contributed by atoms with Crippen LogP contribution >= 0.6 is 11.3 Å². The molecule has 0 aromatic carbocycles. The van der Waals surface area contributed by atoms with Gasteiger partial charge < -0.3 is 14.9 Å². The van der Waals surface area contributed by atoms with Gasteiger partial charge in [0.1, 0.15) is 6.04 Å². The Labute approximate surface area is 139 Å². The van der Waals surface area contributed by atoms with Gasteiger partial charge in [0.15, 0.2) is 5.13 Å². The van der Waals surface area contributed by atoms with E-state index in [9.17, 15) is 22.8 Å². The molecular formula is C14H16F3N3O3S. The summed E-state index contributed by atoms with van der Waals surface area (Å²) in [6, 6.07) is -0.572. The zero-order chi connectivity index (χ0) is 17.5. The average molecular weight is 363 g/mol. The van der Waals surface area contributed by atoms with Crippen LogP contribution in [0.15, 0.2) is 11.6 Å². The molecule has 2 aliphatic rings. The van der Waals surface area contributed by atoms with Crippen LogP contribution in [-0.2, 0) is 9.59 Å². The van der Waals surface area contributed by atoms with E-state index in [4.69, 9.17) is 5.11 Å². The Morgan fingerprint density at radius 2 is 2.08 bits per heavy atom. The monoisotopic (exact) mass is 363 g/mol. The zero-order valence-corrected chi connectivity index (χ0v) is 13.4. The number of hydrogen-bond acceptors (Lipinski definition) is 5.